The minimum absolute atomic E-state index is 0.199. The van der Waals surface area contributed by atoms with E-state index in [0.29, 0.717) is 22.8 Å². The maximum absolute atomic E-state index is 12.2. The van der Waals surface area contributed by atoms with E-state index in [0.717, 1.165) is 11.3 Å². The number of amides is 1. The maximum Gasteiger partial charge on any atom is 0.347 e. The summed E-state index contributed by atoms with van der Waals surface area (Å²) in [7, 11) is 0. The van der Waals surface area contributed by atoms with Gasteiger partial charge in [-0.25, -0.2) is 9.78 Å². The maximum atomic E-state index is 12.2. The quantitative estimate of drug-likeness (QED) is 0.889. The van der Waals surface area contributed by atoms with E-state index in [2.05, 4.69) is 10.3 Å². The lowest BCUT2D eigenvalue weighted by Crippen LogP contribution is -2.18. The molecule has 2 N–H and O–H groups in total. The van der Waals surface area contributed by atoms with Crippen LogP contribution in [0.3, 0.4) is 0 Å². The predicted octanol–water partition coefficient (Wildman–Crippen LogP) is 3.15. The number of hydrogen-bond acceptors (Lipinski definition) is 4. The highest BCUT2D eigenvalue weighted by molar-refractivity contribution is 7.13. The molecule has 0 aliphatic heterocycles. The van der Waals surface area contributed by atoms with Crippen LogP contribution in [0.1, 0.15) is 40.1 Å². The first-order valence-corrected chi connectivity index (χ1v) is 7.43. The minimum atomic E-state index is -0.994. The second kappa shape index (κ2) is 6.49. The molecule has 0 bridgehead atoms. The number of nitrogens with zero attached hydrogens (tertiary/aromatic N) is 1. The summed E-state index contributed by atoms with van der Waals surface area (Å²) in [5.74, 6) is -1.69. The monoisotopic (exact) mass is 304 g/mol. The van der Waals surface area contributed by atoms with E-state index in [9.17, 15) is 9.59 Å². The Balaban J connectivity index is 2.17. The fraction of sp³-hybridized carbons (Fsp3) is 0.267. The molecule has 1 unspecified atom stereocenters. The van der Waals surface area contributed by atoms with Gasteiger partial charge in [0.2, 0.25) is 5.91 Å². The molecule has 6 heteroatoms. The van der Waals surface area contributed by atoms with Crippen molar-refractivity contribution in [3.8, 4) is 0 Å². The van der Waals surface area contributed by atoms with E-state index in [1.165, 1.54) is 0 Å². The molecule has 1 atom stereocenters. The number of carboxylic acids is 1. The van der Waals surface area contributed by atoms with Crippen molar-refractivity contribution in [2.24, 2.45) is 0 Å². The molecule has 1 heterocycles. The van der Waals surface area contributed by atoms with Crippen LogP contribution < -0.4 is 5.32 Å². The summed E-state index contributed by atoms with van der Waals surface area (Å²) < 4.78 is 0. The van der Waals surface area contributed by atoms with Gasteiger partial charge in [-0.05, 0) is 25.5 Å². The minimum Gasteiger partial charge on any atom is -0.477 e. The zero-order valence-corrected chi connectivity index (χ0v) is 12.6. The van der Waals surface area contributed by atoms with E-state index in [1.54, 1.807) is 19.1 Å². The highest BCUT2D eigenvalue weighted by atomic mass is 32.1. The number of thiazole rings is 1. The summed E-state index contributed by atoms with van der Waals surface area (Å²) in [6, 6.07) is 9.13. The lowest BCUT2D eigenvalue weighted by atomic mass is 10.1. The van der Waals surface area contributed by atoms with Crippen LogP contribution in [0, 0.1) is 0 Å². The van der Waals surface area contributed by atoms with Crippen LogP contribution in [0.2, 0.25) is 0 Å². The lowest BCUT2D eigenvalue weighted by molar-refractivity contribution is -0.117. The number of anilines is 1. The van der Waals surface area contributed by atoms with Crippen molar-refractivity contribution in [1.29, 1.82) is 0 Å². The summed E-state index contributed by atoms with van der Waals surface area (Å²) in [6.07, 6.45) is 0.533. The van der Waals surface area contributed by atoms with Gasteiger partial charge in [0.25, 0.3) is 0 Å². The molecule has 5 nitrogen and oxygen atoms in total. The Morgan fingerprint density at radius 1 is 1.33 bits per heavy atom. The molecule has 0 aliphatic rings. The van der Waals surface area contributed by atoms with Crippen LogP contribution in [-0.4, -0.2) is 22.0 Å². The summed E-state index contributed by atoms with van der Waals surface area (Å²) >= 11 is 1.07. The van der Waals surface area contributed by atoms with Crippen LogP contribution >= 0.6 is 11.3 Å². The molecule has 0 saturated carbocycles. The number of carboxylic acid groups (broad SMARTS) is 1. The van der Waals surface area contributed by atoms with Gasteiger partial charge >= 0.3 is 5.97 Å². The van der Waals surface area contributed by atoms with Crippen molar-refractivity contribution in [3.63, 3.8) is 0 Å². The predicted molar refractivity (Wildman–Crippen MR) is 81.9 cm³/mol. The van der Waals surface area contributed by atoms with Gasteiger partial charge < -0.3 is 10.4 Å². The van der Waals surface area contributed by atoms with Gasteiger partial charge in [0, 0.05) is 5.69 Å². The summed E-state index contributed by atoms with van der Waals surface area (Å²) in [5, 5.41) is 12.5. The normalized spacial score (nSPS) is 11.9. The number of rotatable bonds is 5. The summed E-state index contributed by atoms with van der Waals surface area (Å²) in [5.41, 5.74) is 1.24. The van der Waals surface area contributed by atoms with E-state index < -0.39 is 11.9 Å². The average Bonchev–Trinajstić information content (AvgIpc) is 2.92. The second-order valence-corrected chi connectivity index (χ2v) is 5.59. The fourth-order valence-electron chi connectivity index (χ4n) is 1.85. The fourth-order valence-corrected chi connectivity index (χ4v) is 2.89. The molecule has 0 spiro atoms. The van der Waals surface area contributed by atoms with Crippen molar-refractivity contribution in [1.82, 2.24) is 4.98 Å². The van der Waals surface area contributed by atoms with Gasteiger partial charge in [-0.15, -0.1) is 11.3 Å². The number of carbonyl (C=O) groups excluding carboxylic acids is 1. The number of aromatic nitrogens is 1. The molecule has 0 fully saturated rings. The van der Waals surface area contributed by atoms with E-state index in [4.69, 9.17) is 5.11 Å². The van der Waals surface area contributed by atoms with Crippen molar-refractivity contribution in [2.45, 2.75) is 26.2 Å². The van der Waals surface area contributed by atoms with Crippen LogP contribution in [0.5, 0.6) is 0 Å². The van der Waals surface area contributed by atoms with E-state index in [-0.39, 0.29) is 10.8 Å². The van der Waals surface area contributed by atoms with Gasteiger partial charge in [-0.2, -0.15) is 0 Å². The van der Waals surface area contributed by atoms with Crippen molar-refractivity contribution >= 4 is 28.9 Å². The molecule has 110 valence electrons. The Morgan fingerprint density at radius 3 is 2.52 bits per heavy atom. The van der Waals surface area contributed by atoms with Crippen LogP contribution in [0.25, 0.3) is 0 Å². The highest BCUT2D eigenvalue weighted by Crippen LogP contribution is 2.26. The number of para-hydroxylation sites is 1. The number of aryl methyl sites for hydroxylation is 1. The van der Waals surface area contributed by atoms with Gasteiger partial charge in [-0.1, -0.05) is 25.1 Å². The number of hydrogen-bond donors (Lipinski definition) is 2. The molecular formula is C15H16N2O3S. The van der Waals surface area contributed by atoms with Crippen molar-refractivity contribution < 1.29 is 14.7 Å². The zero-order chi connectivity index (χ0) is 15.4. The molecule has 21 heavy (non-hydrogen) atoms. The molecule has 2 rings (SSSR count). The Hall–Kier alpha value is -2.21. The third-order valence-corrected chi connectivity index (χ3v) is 4.32. The van der Waals surface area contributed by atoms with Crippen LogP contribution in [0.15, 0.2) is 30.3 Å². The number of nitrogens with one attached hydrogen (secondary N) is 1. The zero-order valence-electron chi connectivity index (χ0n) is 11.8. The van der Waals surface area contributed by atoms with Crippen LogP contribution in [0.4, 0.5) is 5.69 Å². The SMILES string of the molecule is CCc1nc(C(C)C(=O)Nc2ccccc2)sc1C(=O)O. The van der Waals surface area contributed by atoms with Gasteiger partial charge in [0.15, 0.2) is 0 Å². The van der Waals surface area contributed by atoms with E-state index in [1.807, 2.05) is 25.1 Å². The molecular weight excluding hydrogens is 288 g/mol. The highest BCUT2D eigenvalue weighted by Gasteiger charge is 2.23. The molecule has 2 aromatic rings. The Kier molecular flexibility index (Phi) is 4.70. The second-order valence-electron chi connectivity index (χ2n) is 4.56. The van der Waals surface area contributed by atoms with Gasteiger partial charge in [0.1, 0.15) is 9.88 Å². The van der Waals surface area contributed by atoms with Gasteiger partial charge in [-0.3, -0.25) is 4.79 Å². The first kappa shape index (κ1) is 15.2. The molecule has 1 aromatic carbocycles. The summed E-state index contributed by atoms with van der Waals surface area (Å²) in [6.45, 7) is 3.57. The number of carbonyl (C=O) groups is 2. The standard InChI is InChI=1S/C15H16N2O3S/c1-3-11-12(15(19)20)21-14(17-11)9(2)13(18)16-10-7-5-4-6-8-10/h4-9H,3H2,1-2H3,(H,16,18)(H,19,20). The largest absolute Gasteiger partial charge is 0.477 e. The molecule has 0 aliphatic carbocycles. The molecule has 1 amide bonds. The molecule has 0 radical (unpaired) electrons. The Labute approximate surface area is 126 Å². The Morgan fingerprint density at radius 2 is 2.00 bits per heavy atom. The van der Waals surface area contributed by atoms with Crippen molar-refractivity contribution in [2.75, 3.05) is 5.32 Å². The van der Waals surface area contributed by atoms with Crippen molar-refractivity contribution in [3.05, 3.63) is 45.9 Å². The number of aromatic carboxylic acids is 1. The number of benzene rings is 1. The smallest absolute Gasteiger partial charge is 0.347 e. The van der Waals surface area contributed by atoms with Crippen LogP contribution in [-0.2, 0) is 11.2 Å². The third kappa shape index (κ3) is 3.46. The van der Waals surface area contributed by atoms with Gasteiger partial charge in [0.05, 0.1) is 11.6 Å². The topological polar surface area (TPSA) is 79.3 Å². The first-order valence-electron chi connectivity index (χ1n) is 6.61. The first-order chi connectivity index (χ1) is 10.0. The molecule has 0 saturated heterocycles. The van der Waals surface area contributed by atoms with E-state index >= 15 is 0 Å². The Bertz CT molecular complexity index is 652. The summed E-state index contributed by atoms with van der Waals surface area (Å²) in [4.78, 5) is 27.9. The molecule has 1 aromatic heterocycles. The third-order valence-electron chi connectivity index (χ3n) is 3.05. The average molecular weight is 304 g/mol. The lowest BCUT2D eigenvalue weighted by Gasteiger charge is -2.09.